The van der Waals surface area contributed by atoms with E-state index in [1.807, 2.05) is 0 Å². The molecule has 0 saturated heterocycles. The van der Waals surface area contributed by atoms with E-state index >= 15 is 0 Å². The quantitative estimate of drug-likeness (QED) is 0.722. The monoisotopic (exact) mass is 273 g/mol. The summed E-state index contributed by atoms with van der Waals surface area (Å²) in [5.74, 6) is 0.453. The molecule has 0 spiro atoms. The van der Waals surface area contributed by atoms with Gasteiger partial charge in [0.25, 0.3) is 0 Å². The van der Waals surface area contributed by atoms with Crippen LogP contribution in [0.3, 0.4) is 0 Å². The minimum Gasteiger partial charge on any atom is -0.503 e. The van der Waals surface area contributed by atoms with Gasteiger partial charge in [-0.25, -0.2) is 0 Å². The first-order valence-corrected chi connectivity index (χ1v) is 5.41. The van der Waals surface area contributed by atoms with Crippen molar-refractivity contribution in [3.63, 3.8) is 0 Å². The molecule has 0 aliphatic carbocycles. The number of aliphatic hydroxyl groups excluding tert-OH is 1. The van der Waals surface area contributed by atoms with Crippen molar-refractivity contribution in [2.75, 3.05) is 13.7 Å². The van der Waals surface area contributed by atoms with Gasteiger partial charge in [0.1, 0.15) is 0 Å². The lowest BCUT2D eigenvalue weighted by Gasteiger charge is -2.25. The summed E-state index contributed by atoms with van der Waals surface area (Å²) in [7, 11) is 1.50. The molecule has 1 aliphatic heterocycles. The Hall–Kier alpha value is -0.780. The van der Waals surface area contributed by atoms with Crippen LogP contribution in [0.15, 0.2) is 10.5 Å². The Labute approximate surface area is 96.0 Å². The number of hydrogen-bond donors (Lipinski definition) is 3. The predicted octanol–water partition coefficient (Wildman–Crippen LogP) is 1.30. The second-order valence-electron chi connectivity index (χ2n) is 3.46. The number of methoxy groups -OCH3 is 1. The Morgan fingerprint density at radius 1 is 1.60 bits per heavy atom. The average Bonchev–Trinajstić information content (AvgIpc) is 2.23. The Kier molecular flexibility index (Phi) is 2.86. The third-order valence-electron chi connectivity index (χ3n) is 2.54. The molecule has 15 heavy (non-hydrogen) atoms. The highest BCUT2D eigenvalue weighted by molar-refractivity contribution is 9.10. The zero-order valence-electron chi connectivity index (χ0n) is 8.25. The van der Waals surface area contributed by atoms with Gasteiger partial charge in [-0.05, 0) is 27.6 Å². The van der Waals surface area contributed by atoms with Gasteiger partial charge in [0.05, 0.1) is 17.7 Å². The van der Waals surface area contributed by atoms with E-state index in [1.165, 1.54) is 7.11 Å². The maximum absolute atomic E-state index is 9.79. The number of fused-ring (bicyclic) bond motifs is 1. The number of β-amino-alcohol motifs (C(OH)–C–C–N with tert-alkyl or cyclic N) is 1. The van der Waals surface area contributed by atoms with E-state index in [0.29, 0.717) is 23.3 Å². The summed E-state index contributed by atoms with van der Waals surface area (Å²) < 4.78 is 5.56. The molecule has 2 rings (SSSR count). The van der Waals surface area contributed by atoms with E-state index in [0.717, 1.165) is 11.1 Å². The molecule has 0 saturated carbocycles. The summed E-state index contributed by atoms with van der Waals surface area (Å²) in [6.07, 6.45) is -0.597. The molecule has 0 aromatic heterocycles. The summed E-state index contributed by atoms with van der Waals surface area (Å²) in [5, 5.41) is 22.6. The Morgan fingerprint density at radius 2 is 2.33 bits per heavy atom. The Balaban J connectivity index is 2.61. The third-order valence-corrected chi connectivity index (χ3v) is 3.34. The summed E-state index contributed by atoms with van der Waals surface area (Å²) in [4.78, 5) is 0. The highest BCUT2D eigenvalue weighted by Crippen LogP contribution is 2.42. The molecule has 0 bridgehead atoms. The number of ether oxygens (including phenoxy) is 1. The second kappa shape index (κ2) is 4.00. The number of phenols is 1. The Bertz CT molecular complexity index is 395. The molecule has 1 heterocycles. The predicted molar refractivity (Wildman–Crippen MR) is 59.0 cm³/mol. The number of halogens is 1. The zero-order valence-corrected chi connectivity index (χ0v) is 9.84. The largest absolute Gasteiger partial charge is 0.503 e. The van der Waals surface area contributed by atoms with Crippen LogP contribution in [0, 0.1) is 0 Å². The molecule has 5 heteroatoms. The van der Waals surface area contributed by atoms with Crippen LogP contribution in [0.4, 0.5) is 0 Å². The van der Waals surface area contributed by atoms with Crippen molar-refractivity contribution in [1.82, 2.24) is 5.32 Å². The number of aromatic hydroxyl groups is 1. The molecular weight excluding hydrogens is 262 g/mol. The molecular formula is C10H12BrNO3. The molecule has 0 amide bonds. The van der Waals surface area contributed by atoms with E-state index in [2.05, 4.69) is 21.2 Å². The molecule has 4 nitrogen and oxygen atoms in total. The first-order chi connectivity index (χ1) is 7.15. The van der Waals surface area contributed by atoms with Gasteiger partial charge in [-0.3, -0.25) is 0 Å². The standard InChI is InChI=1S/C10H12BrNO3/c1-15-7-2-5-3-12-4-6(13)8(5)9(11)10(7)14/h2,6,12-14H,3-4H2,1H3/t6-/m0/s1. The summed E-state index contributed by atoms with van der Waals surface area (Å²) in [6.45, 7) is 1.17. The van der Waals surface area contributed by atoms with Gasteiger partial charge in [-0.2, -0.15) is 0 Å². The van der Waals surface area contributed by atoms with Crippen molar-refractivity contribution in [3.8, 4) is 11.5 Å². The van der Waals surface area contributed by atoms with Crippen molar-refractivity contribution >= 4 is 15.9 Å². The first-order valence-electron chi connectivity index (χ1n) is 4.62. The molecule has 1 aromatic carbocycles. The van der Waals surface area contributed by atoms with E-state index in [4.69, 9.17) is 4.74 Å². The number of hydrogen-bond acceptors (Lipinski definition) is 4. The summed E-state index contributed by atoms with van der Waals surface area (Å²) in [5.41, 5.74) is 1.68. The van der Waals surface area contributed by atoms with E-state index < -0.39 is 6.10 Å². The van der Waals surface area contributed by atoms with Crippen molar-refractivity contribution in [2.24, 2.45) is 0 Å². The molecule has 1 aromatic rings. The SMILES string of the molecule is COc1cc2c(c(Br)c1O)[C@@H](O)CNC2. The van der Waals surface area contributed by atoms with Gasteiger partial charge in [0.15, 0.2) is 11.5 Å². The van der Waals surface area contributed by atoms with Crippen LogP contribution >= 0.6 is 15.9 Å². The highest BCUT2D eigenvalue weighted by Gasteiger charge is 2.24. The topological polar surface area (TPSA) is 61.7 Å². The van der Waals surface area contributed by atoms with Gasteiger partial charge >= 0.3 is 0 Å². The lowest BCUT2D eigenvalue weighted by atomic mass is 9.98. The van der Waals surface area contributed by atoms with Crippen LogP contribution < -0.4 is 10.1 Å². The summed E-state index contributed by atoms with van der Waals surface area (Å²) in [6, 6.07) is 1.74. The molecule has 1 atom stereocenters. The molecule has 0 fully saturated rings. The van der Waals surface area contributed by atoms with Crippen LogP contribution in [-0.4, -0.2) is 23.9 Å². The van der Waals surface area contributed by atoms with Crippen molar-refractivity contribution in [1.29, 1.82) is 0 Å². The van der Waals surface area contributed by atoms with Crippen molar-refractivity contribution < 1.29 is 14.9 Å². The van der Waals surface area contributed by atoms with Crippen LogP contribution in [0.25, 0.3) is 0 Å². The average molecular weight is 274 g/mol. The van der Waals surface area contributed by atoms with Gasteiger partial charge in [0, 0.05) is 18.7 Å². The van der Waals surface area contributed by atoms with Crippen LogP contribution in [-0.2, 0) is 6.54 Å². The molecule has 1 aliphatic rings. The van der Waals surface area contributed by atoms with E-state index in [-0.39, 0.29) is 5.75 Å². The maximum Gasteiger partial charge on any atom is 0.172 e. The highest BCUT2D eigenvalue weighted by atomic mass is 79.9. The van der Waals surface area contributed by atoms with Crippen LogP contribution in [0.1, 0.15) is 17.2 Å². The maximum atomic E-state index is 9.79. The fourth-order valence-corrected chi connectivity index (χ4v) is 2.50. The molecule has 3 N–H and O–H groups in total. The van der Waals surface area contributed by atoms with Gasteiger partial charge in [-0.1, -0.05) is 0 Å². The number of phenolic OH excluding ortho intramolecular Hbond substituents is 1. The number of benzene rings is 1. The second-order valence-corrected chi connectivity index (χ2v) is 4.25. The number of aliphatic hydroxyl groups is 1. The fourth-order valence-electron chi connectivity index (χ4n) is 1.79. The van der Waals surface area contributed by atoms with Crippen LogP contribution in [0.2, 0.25) is 0 Å². The normalized spacial score (nSPS) is 19.8. The van der Waals surface area contributed by atoms with E-state index in [1.54, 1.807) is 6.07 Å². The number of rotatable bonds is 1. The summed E-state index contributed by atoms with van der Waals surface area (Å²) >= 11 is 3.28. The van der Waals surface area contributed by atoms with Crippen molar-refractivity contribution in [3.05, 3.63) is 21.7 Å². The first kappa shape index (κ1) is 10.7. The Morgan fingerprint density at radius 3 is 3.00 bits per heavy atom. The third kappa shape index (κ3) is 1.71. The van der Waals surface area contributed by atoms with Gasteiger partial charge in [-0.15, -0.1) is 0 Å². The fraction of sp³-hybridized carbons (Fsp3) is 0.400. The molecule has 0 radical (unpaired) electrons. The number of nitrogens with one attached hydrogen (secondary N) is 1. The van der Waals surface area contributed by atoms with E-state index in [9.17, 15) is 10.2 Å². The lowest BCUT2D eigenvalue weighted by molar-refractivity contribution is 0.163. The zero-order chi connectivity index (χ0) is 11.0. The van der Waals surface area contributed by atoms with Gasteiger partial charge < -0.3 is 20.3 Å². The van der Waals surface area contributed by atoms with Gasteiger partial charge in [0.2, 0.25) is 0 Å². The minimum absolute atomic E-state index is 0.0391. The lowest BCUT2D eigenvalue weighted by Crippen LogP contribution is -2.28. The smallest absolute Gasteiger partial charge is 0.172 e. The molecule has 0 unspecified atom stereocenters. The van der Waals surface area contributed by atoms with Crippen LogP contribution in [0.5, 0.6) is 11.5 Å². The minimum atomic E-state index is -0.597. The molecule has 82 valence electrons. The van der Waals surface area contributed by atoms with Crippen molar-refractivity contribution in [2.45, 2.75) is 12.6 Å².